The highest BCUT2D eigenvalue weighted by Gasteiger charge is 2.28. The molecule has 0 heterocycles. The predicted molar refractivity (Wildman–Crippen MR) is 222 cm³/mol. The monoisotopic (exact) mass is 850 g/mol. The molecule has 0 aliphatic carbocycles. The van der Waals surface area contributed by atoms with Gasteiger partial charge in [0.1, 0.15) is 12.7 Å². The second-order valence-electron chi connectivity index (χ2n) is 14.0. The maximum Gasteiger partial charge on any atom is 0.472 e. The van der Waals surface area contributed by atoms with Crippen molar-refractivity contribution in [2.45, 2.75) is 155 Å². The van der Waals surface area contributed by atoms with Crippen LogP contribution in [0.3, 0.4) is 0 Å². The fourth-order valence-corrected chi connectivity index (χ4v) is 6.21. The number of aliphatic hydroxyl groups excluding tert-OH is 2. The first-order valence-electron chi connectivity index (χ1n) is 20.5. The molecular weight excluding hydrogens is 778 g/mol. The van der Waals surface area contributed by atoms with Crippen LogP contribution in [-0.4, -0.2) is 81.6 Å². The van der Waals surface area contributed by atoms with Crippen molar-refractivity contribution < 1.29 is 66.7 Å². The van der Waals surface area contributed by atoms with Crippen molar-refractivity contribution >= 4 is 27.6 Å². The number of aliphatic hydroxyl groups is 2. The molecule has 0 saturated carbocycles. The molecule has 0 aromatic rings. The van der Waals surface area contributed by atoms with E-state index in [0.717, 1.165) is 57.3 Å². The first kappa shape index (κ1) is 54.8. The number of allylic oxidation sites excluding steroid dienone is 9. The molecule has 0 bridgehead atoms. The SMILES string of the molecule is CC/C=C\C/C=C\C/C=C\C/C=C\C=C\C(O)CCCC(=O)OC[C@H](COP(=O)(O)OC[C@@H](O)COP(=O)(O)O)OC(=O)CCCCCCCCCCC(C)CC. The van der Waals surface area contributed by atoms with Crippen molar-refractivity contribution in [2.75, 3.05) is 26.4 Å². The Balaban J connectivity index is 4.76. The number of rotatable bonds is 37. The van der Waals surface area contributed by atoms with Crippen LogP contribution in [0.5, 0.6) is 0 Å². The summed E-state index contributed by atoms with van der Waals surface area (Å²) in [4.78, 5) is 52.6. The van der Waals surface area contributed by atoms with Crippen LogP contribution in [0.2, 0.25) is 0 Å². The van der Waals surface area contributed by atoms with E-state index in [1.807, 2.05) is 12.2 Å². The molecule has 0 aliphatic heterocycles. The van der Waals surface area contributed by atoms with Crippen LogP contribution in [0.15, 0.2) is 60.8 Å². The van der Waals surface area contributed by atoms with Crippen LogP contribution >= 0.6 is 15.6 Å². The van der Waals surface area contributed by atoms with E-state index in [4.69, 9.17) is 23.8 Å². The Morgan fingerprint density at radius 1 is 0.614 bits per heavy atom. The number of hydrogen-bond acceptors (Lipinski definition) is 11. The van der Waals surface area contributed by atoms with Gasteiger partial charge in [0, 0.05) is 12.8 Å². The Hall–Kier alpha value is -2.22. The summed E-state index contributed by atoms with van der Waals surface area (Å²) in [5.74, 6) is -0.468. The summed E-state index contributed by atoms with van der Waals surface area (Å²) < 4.78 is 47.5. The van der Waals surface area contributed by atoms with E-state index in [1.54, 1.807) is 12.2 Å². The lowest BCUT2D eigenvalue weighted by molar-refractivity contribution is -0.161. The Labute approximate surface area is 341 Å². The van der Waals surface area contributed by atoms with E-state index in [-0.39, 0.29) is 12.8 Å². The van der Waals surface area contributed by atoms with Crippen LogP contribution in [0.25, 0.3) is 0 Å². The molecule has 5 N–H and O–H groups in total. The minimum absolute atomic E-state index is 0.0373. The quantitative estimate of drug-likeness (QED) is 0.0130. The molecule has 0 aliphatic rings. The molecule has 57 heavy (non-hydrogen) atoms. The number of carbonyl (C=O) groups is 2. The van der Waals surface area contributed by atoms with E-state index in [1.165, 1.54) is 32.1 Å². The van der Waals surface area contributed by atoms with Gasteiger partial charge in [0.15, 0.2) is 6.10 Å². The first-order valence-corrected chi connectivity index (χ1v) is 23.5. The summed E-state index contributed by atoms with van der Waals surface area (Å²) in [5, 5.41) is 20.0. The topological polar surface area (TPSA) is 216 Å². The van der Waals surface area contributed by atoms with E-state index in [0.29, 0.717) is 19.3 Å². The molecule has 0 aromatic heterocycles. The highest BCUT2D eigenvalue weighted by molar-refractivity contribution is 7.47. The Morgan fingerprint density at radius 3 is 1.77 bits per heavy atom. The minimum atomic E-state index is -4.88. The van der Waals surface area contributed by atoms with E-state index in [9.17, 15) is 33.8 Å². The molecule has 14 nitrogen and oxygen atoms in total. The Bertz CT molecular complexity index is 1280. The minimum Gasteiger partial charge on any atom is -0.462 e. The van der Waals surface area contributed by atoms with Gasteiger partial charge in [-0.2, -0.15) is 0 Å². The second kappa shape index (κ2) is 35.7. The van der Waals surface area contributed by atoms with Gasteiger partial charge in [-0.05, 0) is 50.9 Å². The zero-order valence-electron chi connectivity index (χ0n) is 34.4. The highest BCUT2D eigenvalue weighted by Crippen LogP contribution is 2.43. The maximum atomic E-state index is 12.6. The van der Waals surface area contributed by atoms with E-state index < -0.39 is 72.3 Å². The molecule has 5 atom stereocenters. The van der Waals surface area contributed by atoms with Crippen LogP contribution in [-0.2, 0) is 41.8 Å². The number of ether oxygens (including phenoxy) is 2. The number of esters is 2. The highest BCUT2D eigenvalue weighted by atomic mass is 31.2. The van der Waals surface area contributed by atoms with Crippen molar-refractivity contribution in [1.82, 2.24) is 0 Å². The number of carbonyl (C=O) groups excluding carboxylic acids is 2. The summed E-state index contributed by atoms with van der Waals surface area (Å²) in [6, 6.07) is 0. The van der Waals surface area contributed by atoms with Gasteiger partial charge in [-0.3, -0.25) is 23.2 Å². The van der Waals surface area contributed by atoms with Crippen molar-refractivity contribution in [3.8, 4) is 0 Å². The van der Waals surface area contributed by atoms with Gasteiger partial charge in [-0.25, -0.2) is 9.13 Å². The van der Waals surface area contributed by atoms with Crippen LogP contribution in [0, 0.1) is 5.92 Å². The Morgan fingerprint density at radius 2 is 1.16 bits per heavy atom. The maximum absolute atomic E-state index is 12.6. The smallest absolute Gasteiger partial charge is 0.462 e. The van der Waals surface area contributed by atoms with Gasteiger partial charge < -0.3 is 34.4 Å². The van der Waals surface area contributed by atoms with Gasteiger partial charge in [0.25, 0.3) is 0 Å². The van der Waals surface area contributed by atoms with Gasteiger partial charge in [0.05, 0.1) is 25.9 Å². The van der Waals surface area contributed by atoms with Gasteiger partial charge in [-0.15, -0.1) is 0 Å². The molecule has 330 valence electrons. The summed E-state index contributed by atoms with van der Waals surface area (Å²) in [6.45, 7) is 3.69. The summed E-state index contributed by atoms with van der Waals surface area (Å²) in [7, 11) is -9.73. The average Bonchev–Trinajstić information content (AvgIpc) is 3.16. The van der Waals surface area contributed by atoms with E-state index in [2.05, 4.69) is 66.3 Å². The lowest BCUT2D eigenvalue weighted by Crippen LogP contribution is -2.30. The first-order chi connectivity index (χ1) is 27.2. The standard InChI is InChI=1S/C41H72O14P2/c1-4-6-7-8-9-10-11-12-13-14-18-21-24-28-37(42)29-26-31-40(44)51-34-39(35-54-57(49,50)53-33-38(43)32-52-56(46,47)48)55-41(45)30-25-22-19-16-15-17-20-23-27-36(3)5-2/h6-7,9-10,12-13,18,21,24,28,36-39,42-43H,4-5,8,11,14-17,19-20,22-23,25-27,29-35H2,1-3H3,(H,49,50)(H2,46,47,48)/b7-6-,10-9-,13-12-,21-18-,28-24+/t36?,37?,38-,39+/m0/s1. The largest absolute Gasteiger partial charge is 0.472 e. The molecule has 0 aromatic carbocycles. The van der Waals surface area contributed by atoms with Crippen molar-refractivity contribution in [3.63, 3.8) is 0 Å². The van der Waals surface area contributed by atoms with Crippen molar-refractivity contribution in [1.29, 1.82) is 0 Å². The lowest BCUT2D eigenvalue weighted by Gasteiger charge is -2.20. The van der Waals surface area contributed by atoms with E-state index >= 15 is 0 Å². The average molecular weight is 851 g/mol. The fraction of sp³-hybridized carbons (Fsp3) is 0.707. The van der Waals surface area contributed by atoms with Crippen LogP contribution < -0.4 is 0 Å². The number of unbranched alkanes of at least 4 members (excludes halogenated alkanes) is 7. The Kier molecular flexibility index (Phi) is 34.3. The molecule has 0 rings (SSSR count). The predicted octanol–water partition coefficient (Wildman–Crippen LogP) is 8.88. The summed E-state index contributed by atoms with van der Waals surface area (Å²) in [5.41, 5.74) is 0. The fourth-order valence-electron chi connectivity index (χ4n) is 5.06. The second-order valence-corrected chi connectivity index (χ2v) is 16.7. The normalized spacial score (nSPS) is 15.9. The number of hydrogen-bond donors (Lipinski definition) is 5. The third kappa shape index (κ3) is 39.0. The van der Waals surface area contributed by atoms with Crippen molar-refractivity contribution in [3.05, 3.63) is 60.8 Å². The van der Waals surface area contributed by atoms with Crippen molar-refractivity contribution in [2.24, 2.45) is 5.92 Å². The molecule has 3 unspecified atom stereocenters. The third-order valence-corrected chi connectivity index (χ3v) is 9.99. The van der Waals surface area contributed by atoms with Crippen LogP contribution in [0.1, 0.15) is 136 Å². The van der Waals surface area contributed by atoms with Gasteiger partial charge >= 0.3 is 27.6 Å². The molecule has 0 amide bonds. The molecule has 0 radical (unpaired) electrons. The van der Waals surface area contributed by atoms with Gasteiger partial charge in [-0.1, -0.05) is 139 Å². The molecule has 0 saturated heterocycles. The molecular formula is C41H72O14P2. The number of phosphoric ester groups is 2. The zero-order chi connectivity index (χ0) is 42.6. The van der Waals surface area contributed by atoms with Gasteiger partial charge in [0.2, 0.25) is 0 Å². The molecule has 0 spiro atoms. The lowest BCUT2D eigenvalue weighted by atomic mass is 9.99. The molecule has 0 fully saturated rings. The zero-order valence-corrected chi connectivity index (χ0v) is 36.2. The molecule has 16 heteroatoms. The number of phosphoric acid groups is 2. The third-order valence-electron chi connectivity index (χ3n) is 8.56. The summed E-state index contributed by atoms with van der Waals surface area (Å²) in [6.07, 6.45) is 31.2. The summed E-state index contributed by atoms with van der Waals surface area (Å²) >= 11 is 0. The van der Waals surface area contributed by atoms with Crippen LogP contribution in [0.4, 0.5) is 0 Å².